The molecule has 0 saturated heterocycles. The van der Waals surface area contributed by atoms with Crippen LogP contribution in [0.4, 0.5) is 11.4 Å². The molecule has 0 spiro atoms. The lowest BCUT2D eigenvalue weighted by atomic mass is 10.0. The molecule has 0 aromatic heterocycles. The van der Waals surface area contributed by atoms with Gasteiger partial charge in [0.2, 0.25) is 0 Å². The SMILES string of the molecule is CC(C)c1ccccc1O[C@@H](C)C(=O)Nc1cc([N+](=O)[O-])ccc1Cl. The van der Waals surface area contributed by atoms with E-state index < -0.39 is 16.9 Å². The van der Waals surface area contributed by atoms with Crippen molar-refractivity contribution in [1.29, 1.82) is 0 Å². The summed E-state index contributed by atoms with van der Waals surface area (Å²) < 4.78 is 5.77. The number of nitrogens with zero attached hydrogens (tertiary/aromatic N) is 1. The van der Waals surface area contributed by atoms with Crippen molar-refractivity contribution in [3.8, 4) is 5.75 Å². The van der Waals surface area contributed by atoms with Crippen molar-refractivity contribution in [1.82, 2.24) is 0 Å². The number of nitro groups is 1. The summed E-state index contributed by atoms with van der Waals surface area (Å²) in [7, 11) is 0. The minimum Gasteiger partial charge on any atom is -0.481 e. The molecule has 6 nitrogen and oxygen atoms in total. The summed E-state index contributed by atoms with van der Waals surface area (Å²) in [5, 5.41) is 13.6. The summed E-state index contributed by atoms with van der Waals surface area (Å²) >= 11 is 6.00. The minimum absolute atomic E-state index is 0.154. The number of hydrogen-bond acceptors (Lipinski definition) is 4. The second kappa shape index (κ2) is 7.98. The van der Waals surface area contributed by atoms with E-state index >= 15 is 0 Å². The molecule has 25 heavy (non-hydrogen) atoms. The van der Waals surface area contributed by atoms with E-state index in [4.69, 9.17) is 16.3 Å². The van der Waals surface area contributed by atoms with Gasteiger partial charge in [-0.3, -0.25) is 14.9 Å². The van der Waals surface area contributed by atoms with Crippen LogP contribution in [0.25, 0.3) is 0 Å². The number of ether oxygens (including phenoxy) is 1. The Balaban J connectivity index is 2.14. The second-order valence-corrected chi connectivity index (χ2v) is 6.27. The Morgan fingerprint density at radius 1 is 1.20 bits per heavy atom. The van der Waals surface area contributed by atoms with Gasteiger partial charge in [0.1, 0.15) is 5.75 Å². The maximum atomic E-state index is 12.4. The fraction of sp³-hybridized carbons (Fsp3) is 0.278. The van der Waals surface area contributed by atoms with E-state index in [0.29, 0.717) is 5.75 Å². The highest BCUT2D eigenvalue weighted by Crippen LogP contribution is 2.28. The summed E-state index contributed by atoms with van der Waals surface area (Å²) in [6.07, 6.45) is -0.796. The van der Waals surface area contributed by atoms with Crippen LogP contribution in [0.3, 0.4) is 0 Å². The average molecular weight is 363 g/mol. The van der Waals surface area contributed by atoms with Gasteiger partial charge < -0.3 is 10.1 Å². The van der Waals surface area contributed by atoms with Crippen LogP contribution in [-0.2, 0) is 4.79 Å². The number of nitro benzene ring substituents is 1. The fourth-order valence-corrected chi connectivity index (χ4v) is 2.43. The van der Waals surface area contributed by atoms with Crippen molar-refractivity contribution in [2.45, 2.75) is 32.8 Å². The molecule has 0 saturated carbocycles. The molecule has 1 N–H and O–H groups in total. The number of para-hydroxylation sites is 1. The molecule has 0 fully saturated rings. The number of carbonyl (C=O) groups excluding carboxylic acids is 1. The van der Waals surface area contributed by atoms with Crippen LogP contribution in [0, 0.1) is 10.1 Å². The summed E-state index contributed by atoms with van der Waals surface area (Å²) in [6, 6.07) is 11.4. The molecule has 0 heterocycles. The molecular formula is C18H19ClN2O4. The van der Waals surface area contributed by atoms with E-state index in [0.717, 1.165) is 5.56 Å². The number of benzene rings is 2. The van der Waals surface area contributed by atoms with Gasteiger partial charge in [-0.25, -0.2) is 0 Å². The molecule has 0 unspecified atom stereocenters. The third-order valence-electron chi connectivity index (χ3n) is 3.63. The fourth-order valence-electron chi connectivity index (χ4n) is 2.27. The van der Waals surface area contributed by atoms with E-state index in [1.807, 2.05) is 32.0 Å². The Labute approximate surface area is 150 Å². The number of nitrogens with one attached hydrogen (secondary N) is 1. The van der Waals surface area contributed by atoms with E-state index in [1.165, 1.54) is 18.2 Å². The van der Waals surface area contributed by atoms with Gasteiger partial charge >= 0.3 is 0 Å². The van der Waals surface area contributed by atoms with Crippen LogP contribution >= 0.6 is 11.6 Å². The number of non-ortho nitro benzene ring substituents is 1. The van der Waals surface area contributed by atoms with Gasteiger partial charge in [0.15, 0.2) is 6.10 Å². The number of rotatable bonds is 6. The first kappa shape index (κ1) is 18.7. The maximum absolute atomic E-state index is 12.4. The van der Waals surface area contributed by atoms with Crippen LogP contribution < -0.4 is 10.1 Å². The predicted octanol–water partition coefficient (Wildman–Crippen LogP) is 4.78. The third-order valence-corrected chi connectivity index (χ3v) is 3.96. The van der Waals surface area contributed by atoms with E-state index in [2.05, 4.69) is 5.32 Å². The van der Waals surface area contributed by atoms with Crippen molar-refractivity contribution in [3.05, 3.63) is 63.2 Å². The zero-order valence-corrected chi connectivity index (χ0v) is 14.9. The lowest BCUT2D eigenvalue weighted by Gasteiger charge is -2.19. The van der Waals surface area contributed by atoms with Crippen molar-refractivity contribution in [3.63, 3.8) is 0 Å². The first-order chi connectivity index (χ1) is 11.8. The van der Waals surface area contributed by atoms with E-state index in [1.54, 1.807) is 13.0 Å². The molecule has 1 amide bonds. The van der Waals surface area contributed by atoms with E-state index in [-0.39, 0.29) is 22.3 Å². The standard InChI is InChI=1S/C18H19ClN2O4/c1-11(2)14-6-4-5-7-17(14)25-12(3)18(22)20-16-10-13(21(23)24)8-9-15(16)19/h4-12H,1-3H3,(H,20,22)/t12-/m0/s1. The van der Waals surface area contributed by atoms with Gasteiger partial charge in [-0.05, 0) is 30.5 Å². The molecule has 0 bridgehead atoms. The number of halogens is 1. The highest BCUT2D eigenvalue weighted by Gasteiger charge is 2.19. The highest BCUT2D eigenvalue weighted by molar-refractivity contribution is 6.33. The molecule has 0 radical (unpaired) electrons. The van der Waals surface area contributed by atoms with Crippen molar-refractivity contribution < 1.29 is 14.5 Å². The predicted molar refractivity (Wildman–Crippen MR) is 97.4 cm³/mol. The Bertz CT molecular complexity index is 792. The van der Waals surface area contributed by atoms with Crippen molar-refractivity contribution >= 4 is 28.9 Å². The molecule has 2 aromatic rings. The van der Waals surface area contributed by atoms with Gasteiger partial charge in [-0.15, -0.1) is 0 Å². The first-order valence-corrected chi connectivity index (χ1v) is 8.17. The molecule has 2 aromatic carbocycles. The zero-order valence-electron chi connectivity index (χ0n) is 14.2. The molecule has 0 aliphatic heterocycles. The topological polar surface area (TPSA) is 81.5 Å². The van der Waals surface area contributed by atoms with Crippen LogP contribution in [0.1, 0.15) is 32.3 Å². The van der Waals surface area contributed by atoms with Crippen molar-refractivity contribution in [2.75, 3.05) is 5.32 Å². The summed E-state index contributed by atoms with van der Waals surface area (Å²) in [4.78, 5) is 22.7. The lowest BCUT2D eigenvalue weighted by molar-refractivity contribution is -0.384. The van der Waals surface area contributed by atoms with Crippen LogP contribution in [0.2, 0.25) is 5.02 Å². The zero-order chi connectivity index (χ0) is 18.6. The van der Waals surface area contributed by atoms with Crippen LogP contribution in [0.15, 0.2) is 42.5 Å². The monoisotopic (exact) mass is 362 g/mol. The first-order valence-electron chi connectivity index (χ1n) is 7.80. The number of hydrogen-bond donors (Lipinski definition) is 1. The Morgan fingerprint density at radius 3 is 2.52 bits per heavy atom. The molecule has 2 rings (SSSR count). The minimum atomic E-state index is -0.796. The number of amides is 1. The van der Waals surface area contributed by atoms with E-state index in [9.17, 15) is 14.9 Å². The lowest BCUT2D eigenvalue weighted by Crippen LogP contribution is -2.30. The largest absolute Gasteiger partial charge is 0.481 e. The molecule has 132 valence electrons. The summed E-state index contributed by atoms with van der Waals surface area (Å²) in [5.41, 5.74) is 1.02. The highest BCUT2D eigenvalue weighted by atomic mass is 35.5. The van der Waals surface area contributed by atoms with Gasteiger partial charge in [-0.1, -0.05) is 43.6 Å². The van der Waals surface area contributed by atoms with Crippen molar-refractivity contribution in [2.24, 2.45) is 0 Å². The molecule has 7 heteroatoms. The van der Waals surface area contributed by atoms with Gasteiger partial charge in [0.25, 0.3) is 11.6 Å². The Kier molecular flexibility index (Phi) is 5.98. The second-order valence-electron chi connectivity index (χ2n) is 5.86. The maximum Gasteiger partial charge on any atom is 0.271 e. The quantitative estimate of drug-likeness (QED) is 0.592. The average Bonchev–Trinajstić information content (AvgIpc) is 2.56. The molecule has 1 atom stereocenters. The Morgan fingerprint density at radius 2 is 1.88 bits per heavy atom. The summed E-state index contributed by atoms with van der Waals surface area (Å²) in [5.74, 6) is 0.434. The normalized spacial score (nSPS) is 11.9. The molecule has 0 aliphatic carbocycles. The van der Waals surface area contributed by atoms with Gasteiger partial charge in [0.05, 0.1) is 15.6 Å². The molecule has 0 aliphatic rings. The van der Waals surface area contributed by atoms with Crippen LogP contribution in [0.5, 0.6) is 5.75 Å². The third kappa shape index (κ3) is 4.70. The summed E-state index contributed by atoms with van der Waals surface area (Å²) in [6.45, 7) is 5.68. The Hall–Kier alpha value is -2.60. The van der Waals surface area contributed by atoms with Gasteiger partial charge in [-0.2, -0.15) is 0 Å². The number of anilines is 1. The van der Waals surface area contributed by atoms with Crippen LogP contribution in [-0.4, -0.2) is 16.9 Å². The molecular weight excluding hydrogens is 344 g/mol. The number of carbonyl (C=O) groups is 1. The van der Waals surface area contributed by atoms with Gasteiger partial charge in [0, 0.05) is 12.1 Å². The smallest absolute Gasteiger partial charge is 0.271 e.